The summed E-state index contributed by atoms with van der Waals surface area (Å²) < 4.78 is 36.5. The molecule has 0 unspecified atom stereocenters. The highest BCUT2D eigenvalue weighted by Crippen LogP contribution is 2.20. The summed E-state index contributed by atoms with van der Waals surface area (Å²) in [6.45, 7) is 0.778. The second-order valence-electron chi connectivity index (χ2n) is 2.90. The zero-order valence-electron chi connectivity index (χ0n) is 8.12. The van der Waals surface area contributed by atoms with E-state index in [1.807, 2.05) is 0 Å². The Morgan fingerprint density at radius 1 is 1.47 bits per heavy atom. The zero-order chi connectivity index (χ0) is 11.5. The molecule has 0 spiro atoms. The van der Waals surface area contributed by atoms with Crippen molar-refractivity contribution in [3.05, 3.63) is 12.3 Å². The van der Waals surface area contributed by atoms with Gasteiger partial charge >= 0.3 is 6.18 Å². The highest BCUT2D eigenvalue weighted by Gasteiger charge is 2.30. The van der Waals surface area contributed by atoms with E-state index in [1.54, 1.807) is 6.92 Å². The van der Waals surface area contributed by atoms with Gasteiger partial charge in [-0.25, -0.2) is 4.98 Å². The number of nitrogens with zero attached hydrogens (tertiary/aromatic N) is 3. The summed E-state index contributed by atoms with van der Waals surface area (Å²) in [5.74, 6) is 0.149. The van der Waals surface area contributed by atoms with E-state index in [1.165, 1.54) is 12.3 Å². The van der Waals surface area contributed by atoms with E-state index in [2.05, 4.69) is 9.97 Å². The van der Waals surface area contributed by atoms with Gasteiger partial charge < -0.3 is 10.6 Å². The van der Waals surface area contributed by atoms with Crippen molar-refractivity contribution in [2.75, 3.05) is 23.7 Å². The topological polar surface area (TPSA) is 55.0 Å². The van der Waals surface area contributed by atoms with Gasteiger partial charge in [0.1, 0.15) is 12.4 Å². The third-order valence-electron chi connectivity index (χ3n) is 1.74. The van der Waals surface area contributed by atoms with Crippen molar-refractivity contribution >= 4 is 11.8 Å². The van der Waals surface area contributed by atoms with Gasteiger partial charge in [-0.05, 0) is 13.0 Å². The number of hydrogen-bond acceptors (Lipinski definition) is 4. The maximum atomic E-state index is 12.2. The van der Waals surface area contributed by atoms with Crippen molar-refractivity contribution < 1.29 is 13.2 Å². The molecule has 7 heteroatoms. The molecule has 1 aromatic heterocycles. The molecule has 84 valence electrons. The van der Waals surface area contributed by atoms with Crippen LogP contribution in [0.1, 0.15) is 6.92 Å². The van der Waals surface area contributed by atoms with Gasteiger partial charge in [0.25, 0.3) is 0 Å². The van der Waals surface area contributed by atoms with Gasteiger partial charge in [-0.15, -0.1) is 0 Å². The molecular weight excluding hydrogens is 209 g/mol. The first kappa shape index (κ1) is 11.5. The highest BCUT2D eigenvalue weighted by molar-refractivity contribution is 5.40. The van der Waals surface area contributed by atoms with Crippen LogP contribution in [0.5, 0.6) is 0 Å². The maximum Gasteiger partial charge on any atom is 0.405 e. The third kappa shape index (κ3) is 3.61. The first-order valence-corrected chi connectivity index (χ1v) is 4.32. The standard InChI is InChI=1S/C8H11F3N4/c1-2-15(5-8(9,10)11)6-3-4-13-7(12)14-6/h3-4H,2,5H2,1H3,(H2,12,13,14). The van der Waals surface area contributed by atoms with Gasteiger partial charge in [-0.3, -0.25) is 0 Å². The fraction of sp³-hybridized carbons (Fsp3) is 0.500. The first-order valence-electron chi connectivity index (χ1n) is 4.32. The molecule has 1 aromatic rings. The molecule has 0 radical (unpaired) electrons. The van der Waals surface area contributed by atoms with Crippen molar-refractivity contribution in [3.63, 3.8) is 0 Å². The molecule has 0 saturated carbocycles. The molecule has 0 aliphatic rings. The second kappa shape index (κ2) is 4.33. The summed E-state index contributed by atoms with van der Waals surface area (Å²) in [7, 11) is 0. The van der Waals surface area contributed by atoms with Crippen LogP contribution in [0.3, 0.4) is 0 Å². The normalized spacial score (nSPS) is 11.5. The molecule has 0 aliphatic heterocycles. The largest absolute Gasteiger partial charge is 0.405 e. The van der Waals surface area contributed by atoms with Crippen LogP contribution in [0.4, 0.5) is 24.9 Å². The Morgan fingerprint density at radius 2 is 2.13 bits per heavy atom. The lowest BCUT2D eigenvalue weighted by atomic mass is 10.4. The van der Waals surface area contributed by atoms with E-state index in [0.29, 0.717) is 0 Å². The van der Waals surface area contributed by atoms with Crippen molar-refractivity contribution in [2.24, 2.45) is 0 Å². The SMILES string of the molecule is CCN(CC(F)(F)F)c1ccnc(N)n1. The molecule has 0 amide bonds. The summed E-state index contributed by atoms with van der Waals surface area (Å²) in [6, 6.07) is 1.39. The van der Waals surface area contributed by atoms with Crippen molar-refractivity contribution in [1.29, 1.82) is 0 Å². The fourth-order valence-electron chi connectivity index (χ4n) is 1.11. The van der Waals surface area contributed by atoms with Gasteiger partial charge in [0.15, 0.2) is 0 Å². The van der Waals surface area contributed by atoms with Gasteiger partial charge in [-0.2, -0.15) is 18.2 Å². The number of halogens is 3. The number of alkyl halides is 3. The van der Waals surface area contributed by atoms with Gasteiger partial charge in [0.05, 0.1) is 0 Å². The zero-order valence-corrected chi connectivity index (χ0v) is 8.12. The summed E-state index contributed by atoms with van der Waals surface area (Å²) in [6.07, 6.45) is -2.92. The lowest BCUT2D eigenvalue weighted by Gasteiger charge is -2.22. The van der Waals surface area contributed by atoms with Crippen LogP contribution in [0.25, 0.3) is 0 Å². The minimum atomic E-state index is -4.25. The monoisotopic (exact) mass is 220 g/mol. The number of rotatable bonds is 3. The lowest BCUT2D eigenvalue weighted by Crippen LogP contribution is -2.34. The number of aromatic nitrogens is 2. The quantitative estimate of drug-likeness (QED) is 0.837. The number of hydrogen-bond donors (Lipinski definition) is 1. The molecule has 0 fully saturated rings. The highest BCUT2D eigenvalue weighted by atomic mass is 19.4. The summed E-state index contributed by atoms with van der Waals surface area (Å²) in [5, 5.41) is 0. The van der Waals surface area contributed by atoms with E-state index in [-0.39, 0.29) is 18.3 Å². The van der Waals surface area contributed by atoms with Crippen LogP contribution in [-0.4, -0.2) is 29.2 Å². The molecule has 1 heterocycles. The van der Waals surface area contributed by atoms with Crippen LogP contribution >= 0.6 is 0 Å². The second-order valence-corrected chi connectivity index (χ2v) is 2.90. The summed E-state index contributed by atoms with van der Waals surface area (Å²) >= 11 is 0. The molecule has 0 saturated heterocycles. The Labute approximate surface area is 84.9 Å². The fourth-order valence-corrected chi connectivity index (χ4v) is 1.11. The van der Waals surface area contributed by atoms with Crippen molar-refractivity contribution in [2.45, 2.75) is 13.1 Å². The van der Waals surface area contributed by atoms with E-state index >= 15 is 0 Å². The van der Waals surface area contributed by atoms with Gasteiger partial charge in [-0.1, -0.05) is 0 Å². The Balaban J connectivity index is 2.83. The lowest BCUT2D eigenvalue weighted by molar-refractivity contribution is -0.119. The molecular formula is C8H11F3N4. The maximum absolute atomic E-state index is 12.2. The van der Waals surface area contributed by atoms with Gasteiger partial charge in [0, 0.05) is 12.7 Å². The Morgan fingerprint density at radius 3 is 2.60 bits per heavy atom. The average Bonchev–Trinajstić information content (AvgIpc) is 2.13. The van der Waals surface area contributed by atoms with Crippen LogP contribution < -0.4 is 10.6 Å². The van der Waals surface area contributed by atoms with E-state index < -0.39 is 12.7 Å². The van der Waals surface area contributed by atoms with Crippen LogP contribution in [0, 0.1) is 0 Å². The summed E-state index contributed by atoms with van der Waals surface area (Å²) in [4.78, 5) is 8.41. The minimum Gasteiger partial charge on any atom is -0.368 e. The van der Waals surface area contributed by atoms with Crippen molar-refractivity contribution in [1.82, 2.24) is 9.97 Å². The Bertz CT molecular complexity index is 326. The molecule has 1 rings (SSSR count). The number of anilines is 2. The van der Waals surface area contributed by atoms with E-state index in [9.17, 15) is 13.2 Å². The number of nitrogens with two attached hydrogens (primary N) is 1. The molecule has 2 N–H and O–H groups in total. The molecule has 15 heavy (non-hydrogen) atoms. The Hall–Kier alpha value is -1.53. The van der Waals surface area contributed by atoms with Crippen LogP contribution in [0.15, 0.2) is 12.3 Å². The number of nitrogen functional groups attached to an aromatic ring is 1. The molecule has 0 bridgehead atoms. The van der Waals surface area contributed by atoms with E-state index in [4.69, 9.17) is 5.73 Å². The first-order chi connectivity index (χ1) is 6.92. The average molecular weight is 220 g/mol. The molecule has 0 aromatic carbocycles. The molecule has 4 nitrogen and oxygen atoms in total. The van der Waals surface area contributed by atoms with E-state index in [0.717, 1.165) is 4.90 Å². The van der Waals surface area contributed by atoms with Crippen molar-refractivity contribution in [3.8, 4) is 0 Å². The summed E-state index contributed by atoms with van der Waals surface area (Å²) in [5.41, 5.74) is 5.28. The third-order valence-corrected chi connectivity index (χ3v) is 1.74. The predicted molar refractivity (Wildman–Crippen MR) is 50.4 cm³/mol. The van der Waals surface area contributed by atoms with Crippen LogP contribution in [0.2, 0.25) is 0 Å². The molecule has 0 aliphatic carbocycles. The Kier molecular flexibility index (Phi) is 3.33. The van der Waals surface area contributed by atoms with Crippen LogP contribution in [-0.2, 0) is 0 Å². The minimum absolute atomic E-state index is 0.0341. The molecule has 0 atom stereocenters. The predicted octanol–water partition coefficient (Wildman–Crippen LogP) is 1.45. The van der Waals surface area contributed by atoms with Gasteiger partial charge in [0.2, 0.25) is 5.95 Å². The smallest absolute Gasteiger partial charge is 0.368 e.